The minimum atomic E-state index is -0.540. The van der Waals surface area contributed by atoms with E-state index in [9.17, 15) is 14.0 Å². The van der Waals surface area contributed by atoms with Crippen LogP contribution in [0.4, 0.5) is 10.1 Å². The summed E-state index contributed by atoms with van der Waals surface area (Å²) in [5.74, 6) is -0.767. The molecule has 8 heteroatoms. The van der Waals surface area contributed by atoms with Crippen molar-refractivity contribution in [1.29, 1.82) is 0 Å². The third-order valence-corrected chi connectivity index (χ3v) is 5.89. The molecule has 0 unspecified atom stereocenters. The first-order valence-electron chi connectivity index (χ1n) is 8.98. The summed E-state index contributed by atoms with van der Waals surface area (Å²) in [6.45, 7) is 0. The molecule has 0 aliphatic rings. The number of halogens is 2. The fraction of sp³-hybridized carbons (Fsp3) is 0.0455. The van der Waals surface area contributed by atoms with Crippen LogP contribution in [0.2, 0.25) is 0 Å². The van der Waals surface area contributed by atoms with Gasteiger partial charge in [0.05, 0.1) is 22.3 Å². The first-order valence-corrected chi connectivity index (χ1v) is 11.0. The number of rotatable bonds is 5. The quantitative estimate of drug-likeness (QED) is 0.227. The van der Waals surface area contributed by atoms with Crippen LogP contribution in [0.1, 0.15) is 0 Å². The van der Waals surface area contributed by atoms with E-state index >= 15 is 0 Å². The molecule has 1 aromatic heterocycles. The summed E-state index contributed by atoms with van der Waals surface area (Å²) in [7, 11) is 0. The highest BCUT2D eigenvalue weighted by Gasteiger charge is 2.17. The molecule has 0 saturated carbocycles. The number of anilines is 1. The van der Waals surface area contributed by atoms with Crippen LogP contribution in [0, 0.1) is 9.39 Å². The molecule has 1 N–H and O–H groups in total. The fourth-order valence-electron chi connectivity index (χ4n) is 2.95. The Kier molecular flexibility index (Phi) is 6.14. The molecule has 1 amide bonds. The van der Waals surface area contributed by atoms with Crippen LogP contribution < -0.4 is 10.9 Å². The Morgan fingerprint density at radius 2 is 1.83 bits per heavy atom. The number of hydrogen-bond acceptors (Lipinski definition) is 4. The molecule has 4 rings (SSSR count). The van der Waals surface area contributed by atoms with Crippen LogP contribution in [0.3, 0.4) is 0 Å². The zero-order valence-electron chi connectivity index (χ0n) is 15.5. The lowest BCUT2D eigenvalue weighted by atomic mass is 10.2. The number of amides is 1. The van der Waals surface area contributed by atoms with Crippen molar-refractivity contribution in [2.45, 2.75) is 5.16 Å². The van der Waals surface area contributed by atoms with Crippen molar-refractivity contribution in [3.8, 4) is 5.69 Å². The Morgan fingerprint density at radius 3 is 2.63 bits per heavy atom. The summed E-state index contributed by atoms with van der Waals surface area (Å²) >= 11 is 3.25. The number of carbonyl (C=O) groups excluding carboxylic acids is 1. The number of para-hydroxylation sites is 2. The molecule has 0 radical (unpaired) electrons. The van der Waals surface area contributed by atoms with Gasteiger partial charge in [-0.05, 0) is 65.1 Å². The van der Waals surface area contributed by atoms with Crippen molar-refractivity contribution >= 4 is 56.9 Å². The molecule has 150 valence electrons. The van der Waals surface area contributed by atoms with Gasteiger partial charge in [-0.2, -0.15) is 0 Å². The van der Waals surface area contributed by atoms with Crippen LogP contribution >= 0.6 is 34.4 Å². The predicted octanol–water partition coefficient (Wildman–Crippen LogP) is 4.86. The SMILES string of the molecule is O=C(CSc1nc2ccccc2c(=O)n1-c1ccccc1F)Nc1cccc(I)c1. The molecule has 0 saturated heterocycles. The Labute approximate surface area is 189 Å². The number of carbonyl (C=O) groups is 1. The van der Waals surface area contributed by atoms with E-state index in [1.165, 1.54) is 16.7 Å². The van der Waals surface area contributed by atoms with Gasteiger partial charge in [-0.1, -0.05) is 42.1 Å². The van der Waals surface area contributed by atoms with Crippen LogP contribution in [-0.2, 0) is 4.79 Å². The van der Waals surface area contributed by atoms with E-state index in [0.29, 0.717) is 16.6 Å². The lowest BCUT2D eigenvalue weighted by molar-refractivity contribution is -0.113. The second-order valence-electron chi connectivity index (χ2n) is 6.35. The van der Waals surface area contributed by atoms with E-state index < -0.39 is 5.82 Å². The van der Waals surface area contributed by atoms with E-state index in [1.807, 2.05) is 18.2 Å². The van der Waals surface area contributed by atoms with Crippen molar-refractivity contribution in [2.24, 2.45) is 0 Å². The molecule has 30 heavy (non-hydrogen) atoms. The number of hydrogen-bond donors (Lipinski definition) is 1. The second-order valence-corrected chi connectivity index (χ2v) is 8.54. The number of fused-ring (bicyclic) bond motifs is 1. The summed E-state index contributed by atoms with van der Waals surface area (Å²) in [6, 6.07) is 20.3. The van der Waals surface area contributed by atoms with Crippen molar-refractivity contribution < 1.29 is 9.18 Å². The maximum Gasteiger partial charge on any atom is 0.266 e. The van der Waals surface area contributed by atoms with E-state index in [2.05, 4.69) is 32.9 Å². The molecule has 4 aromatic rings. The van der Waals surface area contributed by atoms with Crippen molar-refractivity contribution in [1.82, 2.24) is 9.55 Å². The fourth-order valence-corrected chi connectivity index (χ4v) is 4.30. The lowest BCUT2D eigenvalue weighted by Crippen LogP contribution is -2.23. The topological polar surface area (TPSA) is 64.0 Å². The van der Waals surface area contributed by atoms with Gasteiger partial charge < -0.3 is 5.32 Å². The highest BCUT2D eigenvalue weighted by atomic mass is 127. The molecule has 0 aliphatic carbocycles. The molecule has 0 atom stereocenters. The third-order valence-electron chi connectivity index (χ3n) is 4.28. The third kappa shape index (κ3) is 4.39. The van der Waals surface area contributed by atoms with E-state index in [0.717, 1.165) is 15.3 Å². The van der Waals surface area contributed by atoms with Crippen molar-refractivity contribution in [3.63, 3.8) is 0 Å². The lowest BCUT2D eigenvalue weighted by Gasteiger charge is -2.14. The summed E-state index contributed by atoms with van der Waals surface area (Å²) in [5.41, 5.74) is 0.897. The molecular weight excluding hydrogens is 516 g/mol. The highest BCUT2D eigenvalue weighted by molar-refractivity contribution is 14.1. The monoisotopic (exact) mass is 531 g/mol. The zero-order chi connectivity index (χ0) is 21.1. The number of benzene rings is 3. The standard InChI is InChI=1S/C22H15FIN3O2S/c23-17-9-2-4-11-19(17)27-21(29)16-8-1-3-10-18(16)26-22(27)30-13-20(28)25-15-7-5-6-14(24)12-15/h1-12H,13H2,(H,25,28). The average molecular weight is 531 g/mol. The van der Waals surface area contributed by atoms with Crippen LogP contribution in [-0.4, -0.2) is 21.2 Å². The second kappa shape index (κ2) is 8.97. The molecule has 5 nitrogen and oxygen atoms in total. The summed E-state index contributed by atoms with van der Waals surface area (Å²) < 4.78 is 16.7. The summed E-state index contributed by atoms with van der Waals surface area (Å²) in [6.07, 6.45) is 0. The van der Waals surface area contributed by atoms with Gasteiger partial charge >= 0.3 is 0 Å². The van der Waals surface area contributed by atoms with Crippen LogP contribution in [0.15, 0.2) is 82.7 Å². The van der Waals surface area contributed by atoms with E-state index in [1.54, 1.807) is 42.5 Å². The molecule has 1 heterocycles. The van der Waals surface area contributed by atoms with E-state index in [4.69, 9.17) is 0 Å². The highest BCUT2D eigenvalue weighted by Crippen LogP contribution is 2.23. The Morgan fingerprint density at radius 1 is 1.07 bits per heavy atom. The maximum atomic E-state index is 14.5. The van der Waals surface area contributed by atoms with Gasteiger partial charge in [-0.25, -0.2) is 9.37 Å². The minimum Gasteiger partial charge on any atom is -0.325 e. The largest absolute Gasteiger partial charge is 0.325 e. The van der Waals surface area contributed by atoms with Gasteiger partial charge in [0, 0.05) is 9.26 Å². The summed E-state index contributed by atoms with van der Waals surface area (Å²) in [4.78, 5) is 30.1. The van der Waals surface area contributed by atoms with E-state index in [-0.39, 0.29) is 28.1 Å². The van der Waals surface area contributed by atoms with Crippen LogP contribution in [0.25, 0.3) is 16.6 Å². The van der Waals surface area contributed by atoms with Gasteiger partial charge in [0.25, 0.3) is 5.56 Å². The molecule has 3 aromatic carbocycles. The Balaban J connectivity index is 1.69. The molecule has 0 spiro atoms. The van der Waals surface area contributed by atoms with Gasteiger partial charge in [0.2, 0.25) is 5.91 Å². The first kappa shape index (κ1) is 20.5. The molecule has 0 aliphatic heterocycles. The maximum absolute atomic E-state index is 14.5. The zero-order valence-corrected chi connectivity index (χ0v) is 18.5. The summed E-state index contributed by atoms with van der Waals surface area (Å²) in [5, 5.41) is 3.46. The van der Waals surface area contributed by atoms with Gasteiger partial charge in [-0.3, -0.25) is 14.2 Å². The molecule has 0 fully saturated rings. The molecule has 0 bridgehead atoms. The van der Waals surface area contributed by atoms with Gasteiger partial charge in [0.1, 0.15) is 5.82 Å². The normalized spacial score (nSPS) is 10.9. The first-order chi connectivity index (χ1) is 14.5. The van der Waals surface area contributed by atoms with Gasteiger partial charge in [-0.15, -0.1) is 0 Å². The van der Waals surface area contributed by atoms with Gasteiger partial charge in [0.15, 0.2) is 5.16 Å². The smallest absolute Gasteiger partial charge is 0.266 e. The Hall–Kier alpha value is -2.72. The average Bonchev–Trinajstić information content (AvgIpc) is 2.73. The number of aromatic nitrogens is 2. The van der Waals surface area contributed by atoms with Crippen LogP contribution in [0.5, 0.6) is 0 Å². The van der Waals surface area contributed by atoms with Crippen molar-refractivity contribution in [3.05, 3.63) is 92.5 Å². The van der Waals surface area contributed by atoms with Crippen molar-refractivity contribution in [2.75, 3.05) is 11.1 Å². The number of nitrogens with zero attached hydrogens (tertiary/aromatic N) is 2. The number of thioether (sulfide) groups is 1. The number of nitrogens with one attached hydrogen (secondary N) is 1. The Bertz CT molecular complexity index is 1310. The molecular formula is C22H15FIN3O2S. The predicted molar refractivity (Wildman–Crippen MR) is 126 cm³/mol. The minimum absolute atomic E-state index is 0.0186.